The van der Waals surface area contributed by atoms with Gasteiger partial charge in [0.05, 0.1) is 12.6 Å². The van der Waals surface area contributed by atoms with E-state index in [0.717, 1.165) is 24.8 Å². The summed E-state index contributed by atoms with van der Waals surface area (Å²) in [5, 5.41) is 11.8. The van der Waals surface area contributed by atoms with Crippen LogP contribution in [0.3, 0.4) is 0 Å². The minimum absolute atomic E-state index is 0.132. The number of benzene rings is 3. The van der Waals surface area contributed by atoms with Gasteiger partial charge in [0.2, 0.25) is 0 Å². The second-order valence-corrected chi connectivity index (χ2v) is 16.6. The molecule has 41 heavy (non-hydrogen) atoms. The molecule has 0 unspecified atom stereocenters. The lowest BCUT2D eigenvalue weighted by atomic mass is 10.1. The zero-order valence-electron chi connectivity index (χ0n) is 25.6. The van der Waals surface area contributed by atoms with E-state index in [9.17, 15) is 9.90 Å². The maximum atomic E-state index is 13.7. The molecule has 0 saturated carbocycles. The van der Waals surface area contributed by atoms with Crippen molar-refractivity contribution in [2.45, 2.75) is 78.0 Å². The molecule has 0 radical (unpaired) electrons. The molecule has 0 saturated heterocycles. The summed E-state index contributed by atoms with van der Waals surface area (Å²) in [6.07, 6.45) is 2.78. The van der Waals surface area contributed by atoms with Crippen molar-refractivity contribution in [3.8, 4) is 0 Å². The van der Waals surface area contributed by atoms with Crippen molar-refractivity contribution >= 4 is 24.8 Å². The number of aliphatic hydroxyl groups is 1. The van der Waals surface area contributed by atoms with Crippen molar-refractivity contribution in [3.63, 3.8) is 0 Å². The Morgan fingerprint density at radius 3 is 1.85 bits per heavy atom. The molecule has 0 bridgehead atoms. The van der Waals surface area contributed by atoms with Gasteiger partial charge in [0.1, 0.15) is 6.61 Å². The van der Waals surface area contributed by atoms with Gasteiger partial charge in [0.15, 0.2) is 0 Å². The van der Waals surface area contributed by atoms with Gasteiger partial charge in [-0.15, -0.1) is 0 Å². The van der Waals surface area contributed by atoms with Crippen LogP contribution < -0.4 is 10.4 Å². The molecule has 3 aromatic carbocycles. The van der Waals surface area contributed by atoms with E-state index < -0.39 is 8.32 Å². The Morgan fingerprint density at radius 1 is 0.829 bits per heavy atom. The van der Waals surface area contributed by atoms with E-state index in [1.54, 1.807) is 0 Å². The predicted molar refractivity (Wildman–Crippen MR) is 171 cm³/mol. The monoisotopic (exact) mass is 575 g/mol. The highest BCUT2D eigenvalue weighted by Gasteiger charge is 2.50. The van der Waals surface area contributed by atoms with Gasteiger partial charge in [-0.2, -0.15) is 0 Å². The van der Waals surface area contributed by atoms with Crippen molar-refractivity contribution in [1.82, 2.24) is 4.90 Å². The van der Waals surface area contributed by atoms with Crippen molar-refractivity contribution in [2.75, 3.05) is 19.8 Å². The lowest BCUT2D eigenvalue weighted by Crippen LogP contribution is -2.67. The van der Waals surface area contributed by atoms with Crippen molar-refractivity contribution in [3.05, 3.63) is 96.6 Å². The van der Waals surface area contributed by atoms with Crippen LogP contribution in [0.2, 0.25) is 5.04 Å². The van der Waals surface area contributed by atoms with E-state index in [4.69, 9.17) is 9.16 Å². The quantitative estimate of drug-likeness (QED) is 0.160. The summed E-state index contributed by atoms with van der Waals surface area (Å²) in [5.41, 5.74) is 0.963. The molecule has 0 fully saturated rings. The Balaban J connectivity index is 1.97. The molecule has 0 aliphatic carbocycles. The van der Waals surface area contributed by atoms with Crippen molar-refractivity contribution in [2.24, 2.45) is 5.92 Å². The molecular formula is C35H49NO4Si. The van der Waals surface area contributed by atoms with Crippen LogP contribution in [0.15, 0.2) is 91.0 Å². The number of amides is 1. The van der Waals surface area contributed by atoms with Gasteiger partial charge < -0.3 is 19.2 Å². The number of nitrogens with zero attached hydrogens (tertiary/aromatic N) is 1. The van der Waals surface area contributed by atoms with Gasteiger partial charge >= 0.3 is 6.09 Å². The van der Waals surface area contributed by atoms with Gasteiger partial charge in [-0.25, -0.2) is 4.79 Å². The third kappa shape index (κ3) is 9.02. The van der Waals surface area contributed by atoms with Crippen LogP contribution in [0.1, 0.15) is 65.9 Å². The van der Waals surface area contributed by atoms with Crippen LogP contribution in [0, 0.1) is 5.92 Å². The largest absolute Gasteiger partial charge is 0.445 e. The van der Waals surface area contributed by atoms with E-state index in [0.29, 0.717) is 25.5 Å². The molecule has 0 aliphatic heterocycles. The number of hydrogen-bond donors (Lipinski definition) is 1. The average molecular weight is 576 g/mol. The molecule has 0 aromatic heterocycles. The summed E-state index contributed by atoms with van der Waals surface area (Å²) in [5.74, 6) is 0.440. The molecule has 222 valence electrons. The van der Waals surface area contributed by atoms with Crippen LogP contribution in [0.4, 0.5) is 4.79 Å². The lowest BCUT2D eigenvalue weighted by molar-refractivity contribution is 0.0609. The maximum absolute atomic E-state index is 13.7. The van der Waals surface area contributed by atoms with Gasteiger partial charge in [0.25, 0.3) is 8.32 Å². The van der Waals surface area contributed by atoms with E-state index in [2.05, 4.69) is 83.1 Å². The average Bonchev–Trinajstić information content (AvgIpc) is 2.97. The van der Waals surface area contributed by atoms with Crippen LogP contribution in [0.5, 0.6) is 0 Å². The van der Waals surface area contributed by atoms with E-state index in [-0.39, 0.29) is 30.4 Å². The molecule has 1 N–H and O–H groups in total. The fraction of sp³-hybridized carbons (Fsp3) is 0.457. The minimum Gasteiger partial charge on any atom is -0.445 e. The van der Waals surface area contributed by atoms with Gasteiger partial charge in [0, 0.05) is 13.2 Å². The Morgan fingerprint density at radius 2 is 1.37 bits per heavy atom. The number of aliphatic hydroxyl groups excluding tert-OH is 1. The molecule has 0 spiro atoms. The summed E-state index contributed by atoms with van der Waals surface area (Å²) in [6.45, 7) is 12.5. The molecule has 0 aliphatic rings. The summed E-state index contributed by atoms with van der Waals surface area (Å²) >= 11 is 0. The first-order chi connectivity index (χ1) is 19.7. The second-order valence-electron chi connectivity index (χ2n) is 12.3. The topological polar surface area (TPSA) is 59.0 Å². The van der Waals surface area contributed by atoms with Crippen LogP contribution >= 0.6 is 0 Å². The summed E-state index contributed by atoms with van der Waals surface area (Å²) in [6, 6.07) is 30.8. The molecule has 1 amide bonds. The summed E-state index contributed by atoms with van der Waals surface area (Å²) < 4.78 is 13.2. The van der Waals surface area contributed by atoms with Crippen molar-refractivity contribution < 1.29 is 19.1 Å². The molecular weight excluding hydrogens is 526 g/mol. The predicted octanol–water partition coefficient (Wildman–Crippen LogP) is 6.78. The molecule has 6 heteroatoms. The Hall–Kier alpha value is -2.93. The molecule has 5 nitrogen and oxygen atoms in total. The smallest absolute Gasteiger partial charge is 0.410 e. The highest BCUT2D eigenvalue weighted by Crippen LogP contribution is 2.37. The zero-order chi connectivity index (χ0) is 29.7. The van der Waals surface area contributed by atoms with Gasteiger partial charge in [-0.3, -0.25) is 0 Å². The number of carbonyl (C=O) groups excluding carboxylic acids is 1. The highest BCUT2D eigenvalue weighted by molar-refractivity contribution is 6.99. The Bertz CT molecular complexity index is 1110. The first-order valence-corrected chi connectivity index (χ1v) is 16.9. The highest BCUT2D eigenvalue weighted by atomic mass is 28.4. The summed E-state index contributed by atoms with van der Waals surface area (Å²) in [4.78, 5) is 15.6. The zero-order valence-corrected chi connectivity index (χ0v) is 26.6. The van der Waals surface area contributed by atoms with E-state index >= 15 is 0 Å². The summed E-state index contributed by atoms with van der Waals surface area (Å²) in [7, 11) is -2.78. The third-order valence-corrected chi connectivity index (χ3v) is 12.7. The number of carbonyl (C=O) groups is 1. The van der Waals surface area contributed by atoms with Crippen LogP contribution in [-0.2, 0) is 15.8 Å². The van der Waals surface area contributed by atoms with Crippen LogP contribution in [0.25, 0.3) is 0 Å². The van der Waals surface area contributed by atoms with Crippen LogP contribution in [-0.4, -0.2) is 50.2 Å². The molecule has 0 heterocycles. The number of hydrogen-bond acceptors (Lipinski definition) is 4. The van der Waals surface area contributed by atoms with Gasteiger partial charge in [-0.05, 0) is 52.6 Å². The fourth-order valence-corrected chi connectivity index (χ4v) is 10.0. The first kappa shape index (κ1) is 32.6. The fourth-order valence-electron chi connectivity index (χ4n) is 5.43. The Labute approximate surface area is 248 Å². The maximum Gasteiger partial charge on any atom is 0.410 e. The molecule has 3 rings (SSSR count). The van der Waals surface area contributed by atoms with Gasteiger partial charge in [-0.1, -0.05) is 126 Å². The normalized spacial score (nSPS) is 12.8. The second kappa shape index (κ2) is 15.9. The lowest BCUT2D eigenvalue weighted by Gasteiger charge is -2.44. The van der Waals surface area contributed by atoms with Crippen molar-refractivity contribution in [1.29, 1.82) is 0 Å². The standard InChI is InChI=1S/C35H49NO4Si/c1-29(2)24-25-36(34(38)39-27-30-17-9-6-10-18-30)31(19-15-16-26-37)28-40-41(35(3,4)5,32-20-11-7-12-21-32)33-22-13-8-14-23-33/h6-14,17-18,20-23,29,31,37H,15-16,19,24-28H2,1-5H3/t31-/m0/s1. The number of rotatable bonds is 15. The Kier molecular flexibility index (Phi) is 12.6. The SMILES string of the molecule is CC(C)CCN(C(=O)OCc1ccccc1)[C@@H](CCCCO)CO[Si](c1ccccc1)(c1ccccc1)C(C)(C)C. The number of ether oxygens (including phenoxy) is 1. The first-order valence-electron chi connectivity index (χ1n) is 15.0. The van der Waals surface area contributed by atoms with E-state index in [1.807, 2.05) is 47.4 Å². The number of unbranched alkanes of at least 4 members (excludes halogenated alkanes) is 1. The van der Waals surface area contributed by atoms with E-state index in [1.165, 1.54) is 10.4 Å². The third-order valence-electron chi connectivity index (χ3n) is 7.68. The minimum atomic E-state index is -2.78. The molecule has 1 atom stereocenters. The molecule has 3 aromatic rings.